The molecule has 0 unspecified atom stereocenters. The highest BCUT2D eigenvalue weighted by Crippen LogP contribution is 2.11. The molecule has 0 spiro atoms. The van der Waals surface area contributed by atoms with Crippen LogP contribution in [-0.2, 0) is 6.54 Å². The summed E-state index contributed by atoms with van der Waals surface area (Å²) in [6.07, 6.45) is 3.67. The van der Waals surface area contributed by atoms with Crippen molar-refractivity contribution in [3.8, 4) is 0 Å². The topological polar surface area (TPSA) is 46.4 Å². The molecule has 4 nitrogen and oxygen atoms in total. The molecule has 0 aliphatic carbocycles. The molecule has 0 bridgehead atoms. The Kier molecular flexibility index (Phi) is 2.82. The average Bonchev–Trinajstić information content (AvgIpc) is 3.06. The van der Waals surface area contributed by atoms with Crippen LogP contribution in [0, 0.1) is 0 Å². The van der Waals surface area contributed by atoms with Crippen LogP contribution < -0.4 is 5.32 Å². The number of amides is 1. The number of nitrogens with zero attached hydrogens (tertiary/aromatic N) is 2. The Bertz CT molecular complexity index is 672. The molecule has 0 aliphatic rings. The number of pyridine rings is 1. The van der Waals surface area contributed by atoms with Crippen molar-refractivity contribution in [2.45, 2.75) is 6.54 Å². The van der Waals surface area contributed by atoms with Crippen molar-refractivity contribution < 1.29 is 4.79 Å². The Morgan fingerprint density at radius 2 is 2.28 bits per heavy atom. The summed E-state index contributed by atoms with van der Waals surface area (Å²) >= 11 is 1.44. The van der Waals surface area contributed by atoms with Crippen LogP contribution in [0.15, 0.2) is 48.1 Å². The fraction of sp³-hybridized carbons (Fsp3) is 0.0769. The van der Waals surface area contributed by atoms with Crippen molar-refractivity contribution in [2.75, 3.05) is 0 Å². The van der Waals surface area contributed by atoms with Crippen molar-refractivity contribution >= 4 is 22.8 Å². The third-order valence-electron chi connectivity index (χ3n) is 2.69. The van der Waals surface area contributed by atoms with E-state index in [-0.39, 0.29) is 5.91 Å². The van der Waals surface area contributed by atoms with Gasteiger partial charge in [-0.3, -0.25) is 4.79 Å². The van der Waals surface area contributed by atoms with Gasteiger partial charge in [-0.15, -0.1) is 11.3 Å². The highest BCUT2D eigenvalue weighted by molar-refractivity contribution is 7.12. The summed E-state index contributed by atoms with van der Waals surface area (Å²) in [5.41, 5.74) is 2.03. The van der Waals surface area contributed by atoms with E-state index in [0.29, 0.717) is 6.54 Å². The summed E-state index contributed by atoms with van der Waals surface area (Å²) < 4.78 is 1.80. The van der Waals surface area contributed by atoms with Gasteiger partial charge in [0.25, 0.3) is 5.91 Å². The molecule has 5 heteroatoms. The number of carbonyl (C=O) groups is 1. The lowest BCUT2D eigenvalue weighted by Crippen LogP contribution is -2.21. The first-order valence-electron chi connectivity index (χ1n) is 5.57. The van der Waals surface area contributed by atoms with E-state index in [1.165, 1.54) is 11.3 Å². The average molecular weight is 257 g/mol. The van der Waals surface area contributed by atoms with Gasteiger partial charge in [0.05, 0.1) is 16.6 Å². The minimum absolute atomic E-state index is 0.0414. The summed E-state index contributed by atoms with van der Waals surface area (Å²) in [5.74, 6) is -0.0414. The van der Waals surface area contributed by atoms with E-state index < -0.39 is 0 Å². The van der Waals surface area contributed by atoms with Gasteiger partial charge in [-0.25, -0.2) is 4.52 Å². The number of nitrogens with one attached hydrogen (secondary N) is 1. The van der Waals surface area contributed by atoms with Gasteiger partial charge in [-0.2, -0.15) is 5.10 Å². The van der Waals surface area contributed by atoms with Gasteiger partial charge in [-0.05, 0) is 23.6 Å². The number of fused-ring (bicyclic) bond motifs is 1. The van der Waals surface area contributed by atoms with E-state index in [1.54, 1.807) is 10.7 Å². The third kappa shape index (κ3) is 2.00. The summed E-state index contributed by atoms with van der Waals surface area (Å²) in [6.45, 7) is 0.490. The van der Waals surface area contributed by atoms with E-state index in [4.69, 9.17) is 0 Å². The zero-order valence-corrected chi connectivity index (χ0v) is 10.4. The maximum absolute atomic E-state index is 11.8. The molecule has 1 N–H and O–H groups in total. The molecule has 3 aromatic rings. The predicted octanol–water partition coefficient (Wildman–Crippen LogP) is 2.33. The lowest BCUT2D eigenvalue weighted by molar-refractivity contribution is 0.0955. The molecule has 0 radical (unpaired) electrons. The van der Waals surface area contributed by atoms with Crippen LogP contribution in [0.2, 0.25) is 0 Å². The van der Waals surface area contributed by atoms with Crippen molar-refractivity contribution in [3.63, 3.8) is 0 Å². The SMILES string of the molecule is O=C(NCc1cnn2ccccc12)c1cccs1. The largest absolute Gasteiger partial charge is 0.347 e. The Labute approximate surface area is 108 Å². The van der Waals surface area contributed by atoms with Crippen LogP contribution in [0.1, 0.15) is 15.2 Å². The zero-order valence-electron chi connectivity index (χ0n) is 9.54. The van der Waals surface area contributed by atoms with Crippen molar-refractivity contribution in [1.82, 2.24) is 14.9 Å². The van der Waals surface area contributed by atoms with Crippen molar-refractivity contribution in [2.24, 2.45) is 0 Å². The van der Waals surface area contributed by atoms with Crippen LogP contribution in [0.4, 0.5) is 0 Å². The molecule has 0 atom stereocenters. The first-order chi connectivity index (χ1) is 8.84. The first-order valence-corrected chi connectivity index (χ1v) is 6.45. The molecule has 0 saturated heterocycles. The van der Waals surface area contributed by atoms with E-state index in [2.05, 4.69) is 10.4 Å². The lowest BCUT2D eigenvalue weighted by atomic mass is 10.2. The Morgan fingerprint density at radius 1 is 1.33 bits per heavy atom. The molecule has 18 heavy (non-hydrogen) atoms. The summed E-state index contributed by atoms with van der Waals surface area (Å²) in [7, 11) is 0. The number of rotatable bonds is 3. The molecule has 3 heterocycles. The monoisotopic (exact) mass is 257 g/mol. The summed E-state index contributed by atoms with van der Waals surface area (Å²) in [4.78, 5) is 12.5. The zero-order chi connectivity index (χ0) is 12.4. The Balaban J connectivity index is 1.76. The minimum Gasteiger partial charge on any atom is -0.347 e. The van der Waals surface area contributed by atoms with Crippen molar-refractivity contribution in [3.05, 3.63) is 58.5 Å². The molecule has 3 rings (SSSR count). The highest BCUT2D eigenvalue weighted by atomic mass is 32.1. The fourth-order valence-electron chi connectivity index (χ4n) is 1.79. The standard InChI is InChI=1S/C13H11N3OS/c17-13(12-5-3-7-18-12)14-8-10-9-15-16-6-2-1-4-11(10)16/h1-7,9H,8H2,(H,14,17). The van der Waals surface area contributed by atoms with Gasteiger partial charge in [0.15, 0.2) is 0 Å². The van der Waals surface area contributed by atoms with Gasteiger partial charge < -0.3 is 5.32 Å². The number of hydrogen-bond acceptors (Lipinski definition) is 3. The number of hydrogen-bond donors (Lipinski definition) is 1. The second-order valence-electron chi connectivity index (χ2n) is 3.86. The van der Waals surface area contributed by atoms with Gasteiger partial charge in [-0.1, -0.05) is 12.1 Å². The quantitative estimate of drug-likeness (QED) is 0.782. The maximum atomic E-state index is 11.8. The van der Waals surface area contributed by atoms with E-state index in [9.17, 15) is 4.79 Å². The molecule has 0 aliphatic heterocycles. The van der Waals surface area contributed by atoms with Crippen LogP contribution in [0.5, 0.6) is 0 Å². The van der Waals surface area contributed by atoms with Crippen LogP contribution in [0.3, 0.4) is 0 Å². The number of aromatic nitrogens is 2. The lowest BCUT2D eigenvalue weighted by Gasteiger charge is -2.02. The minimum atomic E-state index is -0.0414. The number of thiophene rings is 1. The van der Waals surface area contributed by atoms with E-state index in [0.717, 1.165) is 16.0 Å². The van der Waals surface area contributed by atoms with Gasteiger partial charge in [0, 0.05) is 18.3 Å². The Hall–Kier alpha value is -2.14. The maximum Gasteiger partial charge on any atom is 0.261 e. The van der Waals surface area contributed by atoms with Gasteiger partial charge in [0.2, 0.25) is 0 Å². The predicted molar refractivity (Wildman–Crippen MR) is 70.7 cm³/mol. The smallest absolute Gasteiger partial charge is 0.261 e. The van der Waals surface area contributed by atoms with Crippen LogP contribution in [-0.4, -0.2) is 15.5 Å². The van der Waals surface area contributed by atoms with Gasteiger partial charge in [0.1, 0.15) is 0 Å². The van der Waals surface area contributed by atoms with Crippen LogP contribution in [0.25, 0.3) is 5.52 Å². The van der Waals surface area contributed by atoms with Gasteiger partial charge >= 0.3 is 0 Å². The molecule has 90 valence electrons. The molecular formula is C13H11N3OS. The second-order valence-corrected chi connectivity index (χ2v) is 4.81. The molecule has 0 saturated carbocycles. The molecule has 3 aromatic heterocycles. The molecule has 0 fully saturated rings. The third-order valence-corrected chi connectivity index (χ3v) is 3.56. The van der Waals surface area contributed by atoms with E-state index in [1.807, 2.05) is 41.9 Å². The normalized spacial score (nSPS) is 10.7. The molecular weight excluding hydrogens is 246 g/mol. The summed E-state index contributed by atoms with van der Waals surface area (Å²) in [5, 5.41) is 9.02. The summed E-state index contributed by atoms with van der Waals surface area (Å²) in [6, 6.07) is 9.56. The number of carbonyl (C=O) groups excluding carboxylic acids is 1. The second kappa shape index (κ2) is 4.62. The van der Waals surface area contributed by atoms with Crippen molar-refractivity contribution in [1.29, 1.82) is 0 Å². The Morgan fingerprint density at radius 3 is 3.11 bits per heavy atom. The first kappa shape index (κ1) is 11.0. The fourth-order valence-corrected chi connectivity index (χ4v) is 2.43. The highest BCUT2D eigenvalue weighted by Gasteiger charge is 2.08. The van der Waals surface area contributed by atoms with Crippen LogP contribution >= 0.6 is 11.3 Å². The van der Waals surface area contributed by atoms with E-state index >= 15 is 0 Å². The molecule has 1 amide bonds. The molecule has 0 aromatic carbocycles.